The summed E-state index contributed by atoms with van der Waals surface area (Å²) in [7, 11) is -1.18. The van der Waals surface area contributed by atoms with E-state index in [1.807, 2.05) is 0 Å². The predicted molar refractivity (Wildman–Crippen MR) is 87.9 cm³/mol. The zero-order valence-electron chi connectivity index (χ0n) is 12.8. The van der Waals surface area contributed by atoms with Crippen LogP contribution >= 0.6 is 0 Å². The number of rotatable bonds is 4. The molecule has 0 aliphatic heterocycles. The first-order chi connectivity index (χ1) is 9.48. The standard InChI is InChI=1S/C18H23OSi/c1-15(18(2,3)4)19-20(16-11-7-5-8-12-16)17-13-9-6-10-14-17/h5-15H,1-4H3. The molecular weight excluding hydrogens is 260 g/mol. The van der Waals surface area contributed by atoms with Crippen LogP contribution in [0.25, 0.3) is 0 Å². The Morgan fingerprint density at radius 3 is 1.55 bits per heavy atom. The molecule has 0 saturated heterocycles. The summed E-state index contributed by atoms with van der Waals surface area (Å²) in [5, 5.41) is 2.61. The third-order valence-electron chi connectivity index (χ3n) is 3.59. The first kappa shape index (κ1) is 15.0. The minimum Gasteiger partial charge on any atom is -0.404 e. The van der Waals surface area contributed by atoms with Crippen LogP contribution < -0.4 is 10.4 Å². The lowest BCUT2D eigenvalue weighted by atomic mass is 9.91. The van der Waals surface area contributed by atoms with E-state index < -0.39 is 9.04 Å². The summed E-state index contributed by atoms with van der Waals surface area (Å²) < 4.78 is 6.49. The third-order valence-corrected chi connectivity index (χ3v) is 5.89. The monoisotopic (exact) mass is 283 g/mol. The summed E-state index contributed by atoms with van der Waals surface area (Å²) in [6, 6.07) is 21.2. The molecule has 0 N–H and O–H groups in total. The fourth-order valence-corrected chi connectivity index (χ4v) is 4.14. The zero-order chi connectivity index (χ0) is 14.6. The van der Waals surface area contributed by atoms with Crippen LogP contribution in [0.2, 0.25) is 0 Å². The van der Waals surface area contributed by atoms with Gasteiger partial charge in [0.25, 0.3) is 9.04 Å². The van der Waals surface area contributed by atoms with Gasteiger partial charge in [-0.05, 0) is 22.7 Å². The van der Waals surface area contributed by atoms with E-state index in [1.54, 1.807) is 0 Å². The number of hydrogen-bond donors (Lipinski definition) is 0. The topological polar surface area (TPSA) is 9.23 Å². The summed E-state index contributed by atoms with van der Waals surface area (Å²) in [4.78, 5) is 0. The fraction of sp³-hybridized carbons (Fsp3) is 0.333. The SMILES string of the molecule is CC(O[Si](c1ccccc1)c1ccccc1)C(C)(C)C. The molecule has 2 rings (SSSR count). The van der Waals surface area contributed by atoms with Gasteiger partial charge < -0.3 is 4.43 Å². The van der Waals surface area contributed by atoms with Crippen molar-refractivity contribution in [3.8, 4) is 0 Å². The highest BCUT2D eigenvalue weighted by atomic mass is 28.3. The Kier molecular flexibility index (Phi) is 4.79. The van der Waals surface area contributed by atoms with E-state index >= 15 is 0 Å². The third kappa shape index (κ3) is 3.81. The Balaban J connectivity index is 2.31. The van der Waals surface area contributed by atoms with Crippen LogP contribution in [0.4, 0.5) is 0 Å². The van der Waals surface area contributed by atoms with Crippen LogP contribution in [-0.4, -0.2) is 15.1 Å². The molecule has 1 nitrogen and oxygen atoms in total. The van der Waals surface area contributed by atoms with Crippen molar-refractivity contribution in [2.45, 2.75) is 33.8 Å². The Labute approximate surface area is 124 Å². The molecule has 0 saturated carbocycles. The molecule has 2 aromatic rings. The van der Waals surface area contributed by atoms with E-state index in [1.165, 1.54) is 10.4 Å². The van der Waals surface area contributed by atoms with Gasteiger partial charge in [-0.1, -0.05) is 81.4 Å². The van der Waals surface area contributed by atoms with E-state index in [2.05, 4.69) is 88.4 Å². The van der Waals surface area contributed by atoms with Crippen molar-refractivity contribution in [1.29, 1.82) is 0 Å². The molecule has 0 bridgehead atoms. The van der Waals surface area contributed by atoms with Crippen LogP contribution in [-0.2, 0) is 4.43 Å². The van der Waals surface area contributed by atoms with Crippen LogP contribution in [0.1, 0.15) is 27.7 Å². The lowest BCUT2D eigenvalue weighted by molar-refractivity contribution is 0.107. The smallest absolute Gasteiger partial charge is 0.283 e. The summed E-state index contributed by atoms with van der Waals surface area (Å²) in [5.74, 6) is 0. The van der Waals surface area contributed by atoms with Gasteiger partial charge >= 0.3 is 0 Å². The molecule has 2 aromatic carbocycles. The first-order valence-electron chi connectivity index (χ1n) is 7.13. The van der Waals surface area contributed by atoms with Crippen molar-refractivity contribution >= 4 is 19.4 Å². The number of benzene rings is 2. The van der Waals surface area contributed by atoms with Gasteiger partial charge in [0.15, 0.2) is 0 Å². The molecule has 0 spiro atoms. The van der Waals surface area contributed by atoms with Crippen LogP contribution in [0.3, 0.4) is 0 Å². The van der Waals surface area contributed by atoms with Crippen LogP contribution in [0.15, 0.2) is 60.7 Å². The van der Waals surface area contributed by atoms with Gasteiger partial charge in [-0.15, -0.1) is 0 Å². The summed E-state index contributed by atoms with van der Waals surface area (Å²) in [6.45, 7) is 8.87. The maximum absolute atomic E-state index is 6.49. The molecule has 0 fully saturated rings. The molecule has 1 atom stereocenters. The van der Waals surface area contributed by atoms with Gasteiger partial charge in [0, 0.05) is 6.10 Å². The van der Waals surface area contributed by atoms with Gasteiger partial charge in [-0.3, -0.25) is 0 Å². The summed E-state index contributed by atoms with van der Waals surface area (Å²) in [5.41, 5.74) is 0.152. The second-order valence-corrected chi connectivity index (χ2v) is 8.24. The van der Waals surface area contributed by atoms with E-state index in [-0.39, 0.29) is 11.5 Å². The summed E-state index contributed by atoms with van der Waals surface area (Å²) in [6.07, 6.45) is 0.219. The van der Waals surface area contributed by atoms with Gasteiger partial charge in [0.2, 0.25) is 0 Å². The molecule has 0 heterocycles. The van der Waals surface area contributed by atoms with E-state index in [4.69, 9.17) is 4.43 Å². The molecule has 1 unspecified atom stereocenters. The normalized spacial score (nSPS) is 13.4. The average Bonchev–Trinajstić information content (AvgIpc) is 2.45. The molecule has 1 radical (unpaired) electrons. The number of hydrogen-bond acceptors (Lipinski definition) is 1. The van der Waals surface area contributed by atoms with Crippen molar-refractivity contribution in [3.05, 3.63) is 60.7 Å². The fourth-order valence-electron chi connectivity index (χ4n) is 1.84. The van der Waals surface area contributed by atoms with Gasteiger partial charge in [-0.2, -0.15) is 0 Å². The molecule has 20 heavy (non-hydrogen) atoms. The Morgan fingerprint density at radius 2 is 1.20 bits per heavy atom. The van der Waals surface area contributed by atoms with E-state index in [9.17, 15) is 0 Å². The molecule has 0 aliphatic carbocycles. The van der Waals surface area contributed by atoms with E-state index in [0.29, 0.717) is 0 Å². The second-order valence-electron chi connectivity index (χ2n) is 6.19. The predicted octanol–water partition coefficient (Wildman–Crippen LogP) is 3.24. The lowest BCUT2D eigenvalue weighted by Crippen LogP contribution is -2.48. The maximum atomic E-state index is 6.49. The van der Waals surface area contributed by atoms with Crippen LogP contribution in [0, 0.1) is 5.41 Å². The highest BCUT2D eigenvalue weighted by Crippen LogP contribution is 2.22. The van der Waals surface area contributed by atoms with Crippen molar-refractivity contribution in [1.82, 2.24) is 0 Å². The largest absolute Gasteiger partial charge is 0.404 e. The molecule has 2 heteroatoms. The molecule has 0 aliphatic rings. The Bertz CT molecular complexity index is 477. The lowest BCUT2D eigenvalue weighted by Gasteiger charge is -2.31. The molecule has 105 valence electrons. The zero-order valence-corrected chi connectivity index (χ0v) is 13.8. The molecule has 0 aromatic heterocycles. The van der Waals surface area contributed by atoms with Crippen molar-refractivity contribution < 1.29 is 4.43 Å². The Morgan fingerprint density at radius 1 is 0.800 bits per heavy atom. The minimum atomic E-state index is -1.18. The molecule has 0 amide bonds. The maximum Gasteiger partial charge on any atom is 0.283 e. The quantitative estimate of drug-likeness (QED) is 0.783. The highest BCUT2D eigenvalue weighted by Gasteiger charge is 2.27. The average molecular weight is 283 g/mol. The van der Waals surface area contributed by atoms with Crippen molar-refractivity contribution in [3.63, 3.8) is 0 Å². The summed E-state index contributed by atoms with van der Waals surface area (Å²) >= 11 is 0. The Hall–Kier alpha value is -1.38. The van der Waals surface area contributed by atoms with E-state index in [0.717, 1.165) is 0 Å². The van der Waals surface area contributed by atoms with Gasteiger partial charge in [0.1, 0.15) is 0 Å². The minimum absolute atomic E-state index is 0.152. The highest BCUT2D eigenvalue weighted by molar-refractivity contribution is 6.80. The van der Waals surface area contributed by atoms with Crippen LogP contribution in [0.5, 0.6) is 0 Å². The van der Waals surface area contributed by atoms with Crippen molar-refractivity contribution in [2.24, 2.45) is 5.41 Å². The first-order valence-corrected chi connectivity index (χ1v) is 8.54. The van der Waals surface area contributed by atoms with Gasteiger partial charge in [-0.25, -0.2) is 0 Å². The van der Waals surface area contributed by atoms with Crippen molar-refractivity contribution in [2.75, 3.05) is 0 Å². The van der Waals surface area contributed by atoms with Gasteiger partial charge in [0.05, 0.1) is 0 Å². The second kappa shape index (κ2) is 6.38. The molecular formula is C18H23OSi.